The van der Waals surface area contributed by atoms with Crippen molar-refractivity contribution in [3.63, 3.8) is 0 Å². The number of rotatable bonds is 5. The highest BCUT2D eigenvalue weighted by Gasteiger charge is 2.31. The molecular formula is C11H19F2N2P. The van der Waals surface area contributed by atoms with Crippen molar-refractivity contribution >= 4 is 15.5 Å². The molecule has 1 aliphatic rings. The minimum Gasteiger partial charge on any atom is -0.330 e. The number of dihydropyridines is 1. The molecule has 1 heterocycles. The molecule has 0 bridgehead atoms. The Hall–Kier alpha value is -0.340. The predicted molar refractivity (Wildman–Crippen MR) is 67.1 cm³/mol. The molecule has 0 amide bonds. The number of nitrogens with zero attached hydrogens (tertiary/aromatic N) is 1. The zero-order valence-corrected chi connectivity index (χ0v) is 10.7. The topological polar surface area (TPSA) is 38.4 Å². The molecule has 3 unspecified atom stereocenters. The highest BCUT2D eigenvalue weighted by molar-refractivity contribution is 7.18. The average Bonchev–Trinajstić information content (AvgIpc) is 2.24. The van der Waals surface area contributed by atoms with Gasteiger partial charge >= 0.3 is 0 Å². The summed E-state index contributed by atoms with van der Waals surface area (Å²) in [7, 11) is 1.56. The van der Waals surface area contributed by atoms with Gasteiger partial charge in [-0.05, 0) is 31.7 Å². The molecule has 5 heteroatoms. The molecule has 0 spiro atoms. The second kappa shape index (κ2) is 5.83. The van der Waals surface area contributed by atoms with E-state index in [1.807, 2.05) is 6.92 Å². The predicted octanol–water partition coefficient (Wildman–Crippen LogP) is 2.60. The van der Waals surface area contributed by atoms with Gasteiger partial charge in [-0.15, -0.1) is 0 Å². The summed E-state index contributed by atoms with van der Waals surface area (Å²) < 4.78 is 26.2. The van der Waals surface area contributed by atoms with Crippen molar-refractivity contribution in [1.29, 1.82) is 0 Å². The van der Waals surface area contributed by atoms with Crippen LogP contribution in [0.1, 0.15) is 26.2 Å². The molecule has 0 aromatic heterocycles. The zero-order chi connectivity index (χ0) is 12.2. The van der Waals surface area contributed by atoms with Crippen molar-refractivity contribution in [1.82, 2.24) is 0 Å². The van der Waals surface area contributed by atoms with E-state index in [-0.39, 0.29) is 17.5 Å². The van der Waals surface area contributed by atoms with E-state index in [0.717, 1.165) is 19.3 Å². The Bertz CT molecular complexity index is 284. The van der Waals surface area contributed by atoms with Crippen LogP contribution in [0.5, 0.6) is 0 Å². The average molecular weight is 248 g/mol. The van der Waals surface area contributed by atoms with E-state index in [1.54, 1.807) is 15.3 Å². The molecule has 0 aromatic carbocycles. The molecule has 0 saturated heterocycles. The molecule has 0 saturated carbocycles. The van der Waals surface area contributed by atoms with E-state index in [9.17, 15) is 8.78 Å². The van der Waals surface area contributed by atoms with Crippen LogP contribution in [0, 0.1) is 5.92 Å². The molecule has 0 radical (unpaired) electrons. The first kappa shape index (κ1) is 13.7. The summed E-state index contributed by atoms with van der Waals surface area (Å²) in [5.41, 5.74) is 2.58. The fourth-order valence-corrected chi connectivity index (χ4v) is 2.04. The minimum absolute atomic E-state index is 0.00773. The van der Waals surface area contributed by atoms with E-state index in [1.165, 1.54) is 6.21 Å². The fourth-order valence-electron chi connectivity index (χ4n) is 1.87. The molecule has 2 nitrogen and oxygen atoms in total. The smallest absolute Gasteiger partial charge is 0.285 e. The summed E-state index contributed by atoms with van der Waals surface area (Å²) >= 11 is 0. The number of allylic oxidation sites excluding steroid dienone is 1. The van der Waals surface area contributed by atoms with Gasteiger partial charge in [-0.1, -0.05) is 22.2 Å². The molecule has 0 fully saturated rings. The lowest BCUT2D eigenvalue weighted by Gasteiger charge is -2.26. The number of alkyl halides is 2. The van der Waals surface area contributed by atoms with Gasteiger partial charge in [0, 0.05) is 11.8 Å². The lowest BCUT2D eigenvalue weighted by molar-refractivity contribution is 0.152. The van der Waals surface area contributed by atoms with E-state index in [4.69, 9.17) is 5.73 Å². The van der Waals surface area contributed by atoms with E-state index in [0.29, 0.717) is 6.54 Å². The number of aliphatic imine (C=N–C) groups is 1. The quantitative estimate of drug-likeness (QED) is 0.746. The van der Waals surface area contributed by atoms with Gasteiger partial charge in [0.05, 0.1) is 6.04 Å². The first-order valence-corrected chi connectivity index (χ1v) is 6.19. The summed E-state index contributed by atoms with van der Waals surface area (Å²) in [6.07, 6.45) is 5.55. The Morgan fingerprint density at radius 2 is 2.25 bits per heavy atom. The maximum atomic E-state index is 13.1. The number of halogens is 2. The molecule has 1 rings (SSSR count). The molecule has 1 aliphatic heterocycles. The number of hydrogen-bond acceptors (Lipinski definition) is 2. The third-order valence-electron chi connectivity index (χ3n) is 2.85. The maximum absolute atomic E-state index is 13.1. The van der Waals surface area contributed by atoms with Crippen LogP contribution in [0.25, 0.3) is 0 Å². The first-order valence-electron chi connectivity index (χ1n) is 5.61. The maximum Gasteiger partial charge on any atom is 0.285 e. The summed E-state index contributed by atoms with van der Waals surface area (Å²) in [6, 6.07) is 0.115. The Labute approximate surface area is 97.6 Å². The largest absolute Gasteiger partial charge is 0.330 e. The lowest BCUT2D eigenvalue weighted by Crippen LogP contribution is -2.25. The molecule has 92 valence electrons. The van der Waals surface area contributed by atoms with E-state index >= 15 is 0 Å². The third kappa shape index (κ3) is 3.60. The van der Waals surface area contributed by atoms with Crippen molar-refractivity contribution in [3.05, 3.63) is 11.6 Å². The molecule has 0 aromatic rings. The standard InChI is InChI=1S/C11H19F2N2P/c1-2-8-6-9(11(12,13)16)7-15-10(8)4-3-5-14/h6-8,10H,2-5,14,16H2,1H3. The van der Waals surface area contributed by atoms with Crippen molar-refractivity contribution in [3.8, 4) is 0 Å². The Kier molecular flexibility index (Phi) is 5.00. The Morgan fingerprint density at radius 1 is 1.56 bits per heavy atom. The molecule has 0 aliphatic carbocycles. The second-order valence-corrected chi connectivity index (χ2v) is 4.82. The summed E-state index contributed by atoms with van der Waals surface area (Å²) in [6.45, 7) is 2.62. The Balaban J connectivity index is 2.71. The van der Waals surface area contributed by atoms with Gasteiger partial charge in [0.1, 0.15) is 0 Å². The fraction of sp³-hybridized carbons (Fsp3) is 0.727. The SMILES string of the molecule is CCC1C=C(C(F)(F)P)C=NC1CCCN. The van der Waals surface area contributed by atoms with Crippen LogP contribution in [0.4, 0.5) is 8.78 Å². The van der Waals surface area contributed by atoms with E-state index in [2.05, 4.69) is 4.99 Å². The van der Waals surface area contributed by atoms with Crippen molar-refractivity contribution in [2.45, 2.75) is 37.9 Å². The normalized spacial score (nSPS) is 25.7. The van der Waals surface area contributed by atoms with Crippen LogP contribution in [0.15, 0.2) is 16.6 Å². The van der Waals surface area contributed by atoms with E-state index < -0.39 is 5.66 Å². The van der Waals surface area contributed by atoms with Crippen molar-refractivity contribution < 1.29 is 8.78 Å². The van der Waals surface area contributed by atoms with Crippen LogP contribution in [-0.2, 0) is 0 Å². The monoisotopic (exact) mass is 248 g/mol. The summed E-state index contributed by atoms with van der Waals surface area (Å²) in [5, 5.41) is 0. The van der Waals surface area contributed by atoms with Gasteiger partial charge < -0.3 is 5.73 Å². The highest BCUT2D eigenvalue weighted by Crippen LogP contribution is 2.35. The van der Waals surface area contributed by atoms with Crippen molar-refractivity contribution in [2.24, 2.45) is 16.6 Å². The second-order valence-electron chi connectivity index (χ2n) is 4.09. The van der Waals surface area contributed by atoms with Crippen LogP contribution in [-0.4, -0.2) is 24.5 Å². The van der Waals surface area contributed by atoms with Crippen LogP contribution >= 0.6 is 9.24 Å². The van der Waals surface area contributed by atoms with Crippen molar-refractivity contribution in [2.75, 3.05) is 6.54 Å². The third-order valence-corrected chi connectivity index (χ3v) is 3.19. The zero-order valence-electron chi connectivity index (χ0n) is 9.50. The molecular weight excluding hydrogens is 229 g/mol. The van der Waals surface area contributed by atoms with Gasteiger partial charge in [0.25, 0.3) is 5.66 Å². The first-order chi connectivity index (χ1) is 7.49. The minimum atomic E-state index is -2.87. The molecule has 3 atom stereocenters. The van der Waals surface area contributed by atoms with Crippen LogP contribution in [0.2, 0.25) is 0 Å². The summed E-state index contributed by atoms with van der Waals surface area (Å²) in [4.78, 5) is 4.22. The lowest BCUT2D eigenvalue weighted by atomic mass is 9.89. The van der Waals surface area contributed by atoms with Gasteiger partial charge in [-0.2, -0.15) is 8.78 Å². The van der Waals surface area contributed by atoms with Crippen LogP contribution in [0.3, 0.4) is 0 Å². The molecule has 16 heavy (non-hydrogen) atoms. The highest BCUT2D eigenvalue weighted by atomic mass is 31.0. The van der Waals surface area contributed by atoms with Gasteiger partial charge in [0.2, 0.25) is 0 Å². The Morgan fingerprint density at radius 3 is 2.75 bits per heavy atom. The van der Waals surface area contributed by atoms with Gasteiger partial charge in [0.15, 0.2) is 0 Å². The number of nitrogens with two attached hydrogens (primary N) is 1. The van der Waals surface area contributed by atoms with Crippen LogP contribution < -0.4 is 5.73 Å². The van der Waals surface area contributed by atoms with Gasteiger partial charge in [-0.25, -0.2) is 0 Å². The van der Waals surface area contributed by atoms with Gasteiger partial charge in [-0.3, -0.25) is 4.99 Å². The summed E-state index contributed by atoms with van der Waals surface area (Å²) in [5.74, 6) is 0.109. The molecule has 2 N–H and O–H groups in total. The number of hydrogen-bond donors (Lipinski definition) is 1.